The van der Waals surface area contributed by atoms with E-state index in [1.54, 1.807) is 6.33 Å². The smallest absolute Gasteiger partial charge is 0.239 e. The summed E-state index contributed by atoms with van der Waals surface area (Å²) >= 11 is 0. The fourth-order valence-corrected chi connectivity index (χ4v) is 2.99. The lowest BCUT2D eigenvalue weighted by Gasteiger charge is -2.37. The van der Waals surface area contributed by atoms with Gasteiger partial charge in [0.1, 0.15) is 17.7 Å². The summed E-state index contributed by atoms with van der Waals surface area (Å²) in [7, 11) is 1.83. The summed E-state index contributed by atoms with van der Waals surface area (Å²) in [5.41, 5.74) is 5.06. The van der Waals surface area contributed by atoms with Crippen LogP contribution in [0.3, 0.4) is 0 Å². The van der Waals surface area contributed by atoms with Crippen molar-refractivity contribution in [3.05, 3.63) is 12.2 Å². The number of nitrogens with one attached hydrogen (secondary N) is 1. The highest BCUT2D eigenvalue weighted by Crippen LogP contribution is 2.40. The number of nitrogens with two attached hydrogens (primary N) is 1. The first-order chi connectivity index (χ1) is 9.15. The van der Waals surface area contributed by atoms with Crippen molar-refractivity contribution in [3.63, 3.8) is 0 Å². The molecule has 0 aromatic carbocycles. The maximum Gasteiger partial charge on any atom is 0.239 e. The van der Waals surface area contributed by atoms with Crippen LogP contribution in [0.1, 0.15) is 18.7 Å². The number of fused-ring (bicyclic) bond motifs is 1. The van der Waals surface area contributed by atoms with Gasteiger partial charge in [0.2, 0.25) is 5.91 Å². The van der Waals surface area contributed by atoms with Crippen molar-refractivity contribution < 1.29 is 4.79 Å². The van der Waals surface area contributed by atoms with Crippen LogP contribution in [-0.4, -0.2) is 51.2 Å². The molecule has 1 saturated carbocycles. The quantitative estimate of drug-likeness (QED) is 0.708. The molecule has 1 fully saturated rings. The van der Waals surface area contributed by atoms with Crippen LogP contribution < -0.4 is 11.1 Å². The minimum atomic E-state index is -0.595. The number of hydrogen-bond donors (Lipinski definition) is 2. The van der Waals surface area contributed by atoms with Crippen molar-refractivity contribution in [2.24, 2.45) is 11.7 Å². The number of likely N-dealkylation sites (N-methyl/N-ethyl adjacent to an activating group) is 1. The van der Waals surface area contributed by atoms with Gasteiger partial charge in [0.15, 0.2) is 0 Å². The van der Waals surface area contributed by atoms with Gasteiger partial charge in [0.05, 0.1) is 6.54 Å². The lowest BCUT2D eigenvalue weighted by molar-refractivity contribution is -0.126. The van der Waals surface area contributed by atoms with Gasteiger partial charge in [0.25, 0.3) is 0 Å². The van der Waals surface area contributed by atoms with Crippen LogP contribution in [-0.2, 0) is 17.9 Å². The second-order valence-electron chi connectivity index (χ2n) is 5.51. The molecule has 0 spiro atoms. The minimum absolute atomic E-state index is 0.246. The Morgan fingerprint density at radius 1 is 1.58 bits per heavy atom. The highest BCUT2D eigenvalue weighted by atomic mass is 16.1. The summed E-state index contributed by atoms with van der Waals surface area (Å²) in [6.45, 7) is 3.14. The number of nitrogens with zero attached hydrogens (tertiary/aromatic N) is 4. The molecule has 1 aromatic heterocycles. The SMILES string of the molecule is CNC(CN1CCn2cnnc2C1)(C(N)=O)C1CC1. The molecule has 0 radical (unpaired) electrons. The fraction of sp³-hybridized carbons (Fsp3) is 0.750. The molecule has 1 unspecified atom stereocenters. The first-order valence-corrected chi connectivity index (χ1v) is 6.73. The zero-order valence-electron chi connectivity index (χ0n) is 11.2. The molecule has 1 aromatic rings. The number of carbonyl (C=O) groups excluding carboxylic acids is 1. The molecule has 7 heteroatoms. The highest BCUT2D eigenvalue weighted by Gasteiger charge is 2.49. The third-order valence-electron chi connectivity index (χ3n) is 4.35. The second-order valence-corrected chi connectivity index (χ2v) is 5.51. The first kappa shape index (κ1) is 12.6. The third-order valence-corrected chi connectivity index (χ3v) is 4.35. The van der Waals surface area contributed by atoms with Crippen LogP contribution >= 0.6 is 0 Å². The van der Waals surface area contributed by atoms with E-state index in [-0.39, 0.29) is 5.91 Å². The second kappa shape index (κ2) is 4.57. The molecule has 2 heterocycles. The topological polar surface area (TPSA) is 89.1 Å². The van der Waals surface area contributed by atoms with Gasteiger partial charge in [-0.05, 0) is 25.8 Å². The zero-order chi connectivity index (χ0) is 13.5. The van der Waals surface area contributed by atoms with Crippen molar-refractivity contribution in [1.82, 2.24) is 25.0 Å². The molecule has 1 amide bonds. The largest absolute Gasteiger partial charge is 0.368 e. The van der Waals surface area contributed by atoms with E-state index in [1.807, 2.05) is 7.05 Å². The molecule has 1 aliphatic carbocycles. The van der Waals surface area contributed by atoms with E-state index in [2.05, 4.69) is 25.0 Å². The Labute approximate surface area is 112 Å². The van der Waals surface area contributed by atoms with Gasteiger partial charge in [-0.3, -0.25) is 9.69 Å². The molecule has 1 aliphatic heterocycles. The van der Waals surface area contributed by atoms with Crippen LogP contribution in [0, 0.1) is 5.92 Å². The van der Waals surface area contributed by atoms with Gasteiger partial charge in [-0.1, -0.05) is 0 Å². The van der Waals surface area contributed by atoms with Gasteiger partial charge in [-0.2, -0.15) is 0 Å². The molecule has 7 nitrogen and oxygen atoms in total. The van der Waals surface area contributed by atoms with E-state index >= 15 is 0 Å². The van der Waals surface area contributed by atoms with Crippen molar-refractivity contribution in [2.75, 3.05) is 20.1 Å². The number of amides is 1. The Kier molecular flexibility index (Phi) is 3.02. The third kappa shape index (κ3) is 2.12. The average Bonchev–Trinajstić information content (AvgIpc) is 3.14. The molecule has 1 atom stereocenters. The summed E-state index contributed by atoms with van der Waals surface area (Å²) in [6.07, 6.45) is 3.91. The lowest BCUT2D eigenvalue weighted by atomic mass is 9.91. The van der Waals surface area contributed by atoms with Gasteiger partial charge in [0, 0.05) is 19.6 Å². The molecule has 0 saturated heterocycles. The van der Waals surface area contributed by atoms with E-state index in [0.29, 0.717) is 12.5 Å². The average molecular weight is 264 g/mol. The Morgan fingerprint density at radius 3 is 3.00 bits per heavy atom. The number of carbonyl (C=O) groups is 1. The van der Waals surface area contributed by atoms with Gasteiger partial charge < -0.3 is 15.6 Å². The van der Waals surface area contributed by atoms with Crippen molar-refractivity contribution in [3.8, 4) is 0 Å². The number of hydrogen-bond acceptors (Lipinski definition) is 5. The fourth-order valence-electron chi connectivity index (χ4n) is 2.99. The Bertz CT molecular complexity index is 482. The summed E-state index contributed by atoms with van der Waals surface area (Å²) in [6, 6.07) is 0. The van der Waals surface area contributed by atoms with Gasteiger partial charge in [-0.25, -0.2) is 0 Å². The van der Waals surface area contributed by atoms with E-state index < -0.39 is 5.54 Å². The van der Waals surface area contributed by atoms with Gasteiger partial charge in [-0.15, -0.1) is 10.2 Å². The molecule has 19 heavy (non-hydrogen) atoms. The summed E-state index contributed by atoms with van der Waals surface area (Å²) in [5, 5.41) is 11.2. The first-order valence-electron chi connectivity index (χ1n) is 6.73. The van der Waals surface area contributed by atoms with E-state index in [0.717, 1.165) is 38.3 Å². The predicted octanol–water partition coefficient (Wildman–Crippen LogP) is -1.05. The highest BCUT2D eigenvalue weighted by molar-refractivity contribution is 5.86. The van der Waals surface area contributed by atoms with Crippen LogP contribution in [0.4, 0.5) is 0 Å². The molecule has 2 aliphatic rings. The Balaban J connectivity index is 1.75. The van der Waals surface area contributed by atoms with Gasteiger partial charge >= 0.3 is 0 Å². The summed E-state index contributed by atoms with van der Waals surface area (Å²) < 4.78 is 2.05. The maximum absolute atomic E-state index is 11.9. The van der Waals surface area contributed by atoms with E-state index in [1.165, 1.54) is 0 Å². The van der Waals surface area contributed by atoms with Crippen molar-refractivity contribution in [2.45, 2.75) is 31.5 Å². The number of primary amides is 1. The predicted molar refractivity (Wildman–Crippen MR) is 69.0 cm³/mol. The number of rotatable bonds is 5. The van der Waals surface area contributed by atoms with Crippen molar-refractivity contribution in [1.29, 1.82) is 0 Å². The monoisotopic (exact) mass is 264 g/mol. The maximum atomic E-state index is 11.9. The molecule has 3 rings (SSSR count). The van der Waals surface area contributed by atoms with Crippen LogP contribution in [0.2, 0.25) is 0 Å². The molecular weight excluding hydrogens is 244 g/mol. The van der Waals surface area contributed by atoms with Crippen molar-refractivity contribution >= 4 is 5.91 Å². The molecule has 104 valence electrons. The van der Waals surface area contributed by atoms with Crippen LogP contribution in [0.15, 0.2) is 6.33 Å². The summed E-state index contributed by atoms with van der Waals surface area (Å²) in [4.78, 5) is 14.1. The number of aromatic nitrogens is 3. The molecular formula is C12H20N6O. The normalized spacial score (nSPS) is 22.8. The zero-order valence-corrected chi connectivity index (χ0v) is 11.2. The standard InChI is InChI=1S/C12H20N6O/c1-14-12(11(13)19,9-2-3-9)7-17-4-5-18-8-15-16-10(18)6-17/h8-9,14H,2-7H2,1H3,(H2,13,19). The minimum Gasteiger partial charge on any atom is -0.368 e. The van der Waals surface area contributed by atoms with E-state index in [9.17, 15) is 4.79 Å². The Morgan fingerprint density at radius 2 is 2.37 bits per heavy atom. The summed E-state index contributed by atoms with van der Waals surface area (Å²) in [5.74, 6) is 1.08. The van der Waals surface area contributed by atoms with Crippen LogP contribution in [0.5, 0.6) is 0 Å². The lowest BCUT2D eigenvalue weighted by Crippen LogP contribution is -2.62. The Hall–Kier alpha value is -1.47. The van der Waals surface area contributed by atoms with Crippen LogP contribution in [0.25, 0.3) is 0 Å². The van der Waals surface area contributed by atoms with E-state index in [4.69, 9.17) is 5.73 Å². The molecule has 0 bridgehead atoms. The molecule has 3 N–H and O–H groups in total.